The summed E-state index contributed by atoms with van der Waals surface area (Å²) in [7, 11) is 0. The molecule has 2 atom stereocenters. The predicted octanol–water partition coefficient (Wildman–Crippen LogP) is 3.38. The van der Waals surface area contributed by atoms with Crippen molar-refractivity contribution in [1.82, 2.24) is 5.32 Å². The Morgan fingerprint density at radius 2 is 2.37 bits per heavy atom. The van der Waals surface area contributed by atoms with Crippen LogP contribution in [0.5, 0.6) is 0 Å². The van der Waals surface area contributed by atoms with Gasteiger partial charge in [-0.1, -0.05) is 12.2 Å². The van der Waals surface area contributed by atoms with Gasteiger partial charge in [0, 0.05) is 18.9 Å². The zero-order valence-corrected chi connectivity index (χ0v) is 11.8. The lowest BCUT2D eigenvalue weighted by atomic mass is 10.0. The van der Waals surface area contributed by atoms with Gasteiger partial charge in [-0.25, -0.2) is 0 Å². The Balaban J connectivity index is 1.67. The van der Waals surface area contributed by atoms with E-state index in [4.69, 9.17) is 4.42 Å². The second-order valence-corrected chi connectivity index (χ2v) is 5.49. The summed E-state index contributed by atoms with van der Waals surface area (Å²) in [5, 5.41) is 3.07. The number of furan rings is 1. The van der Waals surface area contributed by atoms with E-state index in [1.807, 2.05) is 19.1 Å². The molecule has 2 rings (SSSR count). The molecule has 1 aromatic heterocycles. The maximum absolute atomic E-state index is 11.9. The fourth-order valence-corrected chi connectivity index (χ4v) is 2.49. The summed E-state index contributed by atoms with van der Waals surface area (Å²) >= 11 is 0. The van der Waals surface area contributed by atoms with Gasteiger partial charge in [0.05, 0.1) is 0 Å². The average Bonchev–Trinajstić information content (AvgIpc) is 2.98. The third kappa shape index (κ3) is 4.58. The van der Waals surface area contributed by atoms with Crippen LogP contribution in [0.4, 0.5) is 0 Å². The molecule has 0 saturated heterocycles. The molecule has 0 spiro atoms. The van der Waals surface area contributed by atoms with Crippen molar-refractivity contribution in [3.8, 4) is 0 Å². The lowest BCUT2D eigenvalue weighted by Crippen LogP contribution is -2.33. The zero-order valence-electron chi connectivity index (χ0n) is 11.8. The Morgan fingerprint density at radius 3 is 3.00 bits per heavy atom. The molecular weight excluding hydrogens is 238 g/mol. The molecule has 0 unspecified atom stereocenters. The number of allylic oxidation sites excluding steroid dienone is 2. The molecule has 0 saturated carbocycles. The topological polar surface area (TPSA) is 42.2 Å². The molecule has 0 bridgehead atoms. The largest absolute Gasteiger partial charge is 0.466 e. The van der Waals surface area contributed by atoms with E-state index in [2.05, 4.69) is 24.4 Å². The van der Waals surface area contributed by atoms with Crippen LogP contribution >= 0.6 is 0 Å². The van der Waals surface area contributed by atoms with Crippen molar-refractivity contribution in [3.63, 3.8) is 0 Å². The lowest BCUT2D eigenvalue weighted by molar-refractivity contribution is -0.122. The zero-order chi connectivity index (χ0) is 13.7. The lowest BCUT2D eigenvalue weighted by Gasteiger charge is -2.14. The molecule has 0 aliphatic heterocycles. The Kier molecular flexibility index (Phi) is 4.83. The van der Waals surface area contributed by atoms with Crippen LogP contribution in [0.15, 0.2) is 28.7 Å². The molecule has 0 fully saturated rings. The standard InChI is InChI=1S/C16H23NO2/c1-12(7-9-15-10-8-13(2)19-15)17-16(18)11-14-5-3-4-6-14/h3,5,8,10,12,14H,4,6-7,9,11H2,1-2H3,(H,17,18)/t12-,14-/m0/s1. The molecule has 19 heavy (non-hydrogen) atoms. The highest BCUT2D eigenvalue weighted by Crippen LogP contribution is 2.20. The summed E-state index contributed by atoms with van der Waals surface area (Å²) in [6.45, 7) is 4.00. The average molecular weight is 261 g/mol. The third-order valence-electron chi connectivity index (χ3n) is 3.59. The third-order valence-corrected chi connectivity index (χ3v) is 3.59. The van der Waals surface area contributed by atoms with E-state index >= 15 is 0 Å². The minimum atomic E-state index is 0.166. The Hall–Kier alpha value is -1.51. The molecule has 1 aromatic rings. The van der Waals surface area contributed by atoms with Crippen molar-refractivity contribution < 1.29 is 9.21 Å². The van der Waals surface area contributed by atoms with Crippen molar-refractivity contribution in [2.45, 2.75) is 52.0 Å². The SMILES string of the molecule is Cc1ccc(CC[C@H](C)NC(=O)C[C@H]2C=CCC2)o1. The van der Waals surface area contributed by atoms with Gasteiger partial charge in [0.15, 0.2) is 0 Å². The Bertz CT molecular complexity index is 447. The smallest absolute Gasteiger partial charge is 0.220 e. The number of hydrogen-bond donors (Lipinski definition) is 1. The fourth-order valence-electron chi connectivity index (χ4n) is 2.49. The van der Waals surface area contributed by atoms with Crippen molar-refractivity contribution in [3.05, 3.63) is 35.8 Å². The molecule has 1 amide bonds. The van der Waals surface area contributed by atoms with Crippen LogP contribution in [-0.2, 0) is 11.2 Å². The highest BCUT2D eigenvalue weighted by atomic mass is 16.3. The monoisotopic (exact) mass is 261 g/mol. The van der Waals surface area contributed by atoms with Crippen molar-refractivity contribution in [2.24, 2.45) is 5.92 Å². The highest BCUT2D eigenvalue weighted by Gasteiger charge is 2.15. The first-order valence-electron chi connectivity index (χ1n) is 7.15. The Labute approximate surface area is 115 Å². The first kappa shape index (κ1) is 13.9. The van der Waals surface area contributed by atoms with Crippen molar-refractivity contribution >= 4 is 5.91 Å². The van der Waals surface area contributed by atoms with E-state index in [0.717, 1.165) is 37.2 Å². The molecule has 1 heterocycles. The summed E-state index contributed by atoms with van der Waals surface area (Å²) in [6, 6.07) is 4.18. The van der Waals surface area contributed by atoms with Crippen LogP contribution in [0.2, 0.25) is 0 Å². The number of aryl methyl sites for hydroxylation is 2. The van der Waals surface area contributed by atoms with E-state index in [1.165, 1.54) is 0 Å². The van der Waals surface area contributed by atoms with Gasteiger partial charge < -0.3 is 9.73 Å². The second-order valence-electron chi connectivity index (χ2n) is 5.49. The summed E-state index contributed by atoms with van der Waals surface area (Å²) in [4.78, 5) is 11.9. The number of carbonyl (C=O) groups is 1. The number of rotatable bonds is 6. The van der Waals surface area contributed by atoms with Gasteiger partial charge in [0.25, 0.3) is 0 Å². The molecule has 1 aliphatic rings. The minimum Gasteiger partial charge on any atom is -0.466 e. The van der Waals surface area contributed by atoms with Crippen molar-refractivity contribution in [1.29, 1.82) is 0 Å². The molecular formula is C16H23NO2. The quantitative estimate of drug-likeness (QED) is 0.798. The van der Waals surface area contributed by atoms with Gasteiger partial charge in [0.1, 0.15) is 11.5 Å². The van der Waals surface area contributed by atoms with E-state index in [-0.39, 0.29) is 11.9 Å². The van der Waals surface area contributed by atoms with Gasteiger partial charge in [0.2, 0.25) is 5.91 Å². The number of carbonyl (C=O) groups excluding carboxylic acids is 1. The highest BCUT2D eigenvalue weighted by molar-refractivity contribution is 5.76. The Morgan fingerprint density at radius 1 is 1.53 bits per heavy atom. The summed E-state index contributed by atoms with van der Waals surface area (Å²) in [5.74, 6) is 2.55. The van der Waals surface area contributed by atoms with Crippen molar-refractivity contribution in [2.75, 3.05) is 0 Å². The van der Waals surface area contributed by atoms with Gasteiger partial charge >= 0.3 is 0 Å². The number of nitrogens with one attached hydrogen (secondary N) is 1. The van der Waals surface area contributed by atoms with Gasteiger partial charge in [-0.15, -0.1) is 0 Å². The molecule has 1 N–H and O–H groups in total. The van der Waals surface area contributed by atoms with Crippen LogP contribution in [0.25, 0.3) is 0 Å². The van der Waals surface area contributed by atoms with Crippen LogP contribution in [0.1, 0.15) is 44.1 Å². The molecule has 0 radical (unpaired) electrons. The van der Waals surface area contributed by atoms with E-state index in [1.54, 1.807) is 0 Å². The fraction of sp³-hybridized carbons (Fsp3) is 0.562. The second kappa shape index (κ2) is 6.60. The van der Waals surface area contributed by atoms with E-state index in [9.17, 15) is 4.79 Å². The molecule has 3 nitrogen and oxygen atoms in total. The normalized spacial score (nSPS) is 19.6. The molecule has 0 aromatic carbocycles. The summed E-state index contributed by atoms with van der Waals surface area (Å²) < 4.78 is 5.52. The van der Waals surface area contributed by atoms with Crippen LogP contribution in [0, 0.1) is 12.8 Å². The van der Waals surface area contributed by atoms with Crippen LogP contribution in [-0.4, -0.2) is 11.9 Å². The molecule has 1 aliphatic carbocycles. The number of amides is 1. The maximum atomic E-state index is 11.9. The van der Waals surface area contributed by atoms with Gasteiger partial charge in [-0.05, 0) is 51.2 Å². The van der Waals surface area contributed by atoms with E-state index in [0.29, 0.717) is 12.3 Å². The van der Waals surface area contributed by atoms with Crippen LogP contribution < -0.4 is 5.32 Å². The molecule has 104 valence electrons. The number of hydrogen-bond acceptors (Lipinski definition) is 2. The molecule has 3 heteroatoms. The van der Waals surface area contributed by atoms with E-state index < -0.39 is 0 Å². The van der Waals surface area contributed by atoms with Gasteiger partial charge in [-0.2, -0.15) is 0 Å². The summed E-state index contributed by atoms with van der Waals surface area (Å²) in [5.41, 5.74) is 0. The first-order valence-corrected chi connectivity index (χ1v) is 7.15. The minimum absolute atomic E-state index is 0.166. The summed E-state index contributed by atoms with van der Waals surface area (Å²) in [6.07, 6.45) is 8.98. The van der Waals surface area contributed by atoms with Crippen LogP contribution in [0.3, 0.4) is 0 Å². The maximum Gasteiger partial charge on any atom is 0.220 e. The predicted molar refractivity (Wildman–Crippen MR) is 75.9 cm³/mol. The van der Waals surface area contributed by atoms with Gasteiger partial charge in [-0.3, -0.25) is 4.79 Å². The first-order chi connectivity index (χ1) is 9.13.